The van der Waals surface area contributed by atoms with Crippen LogP contribution in [0.15, 0.2) is 42.7 Å². The summed E-state index contributed by atoms with van der Waals surface area (Å²) in [4.78, 5) is 6.62. The fraction of sp³-hybridized carbons (Fsp3) is 0.353. The molecule has 1 aromatic heterocycles. The Balaban J connectivity index is 1.54. The Hall–Kier alpha value is -1.29. The monoisotopic (exact) mass is 336 g/mol. The second kappa shape index (κ2) is 7.32. The van der Waals surface area contributed by atoms with Crippen LogP contribution in [0.1, 0.15) is 18.4 Å². The van der Waals surface area contributed by atoms with Gasteiger partial charge < -0.3 is 4.74 Å². The summed E-state index contributed by atoms with van der Waals surface area (Å²) in [6, 6.07) is 10.1. The van der Waals surface area contributed by atoms with E-state index in [1.165, 1.54) is 18.4 Å². The number of pyridine rings is 1. The first kappa shape index (κ1) is 15.6. The minimum absolute atomic E-state index is 0.553. The Morgan fingerprint density at radius 1 is 1.23 bits per heavy atom. The molecule has 1 aliphatic rings. The first-order chi connectivity index (χ1) is 10.7. The van der Waals surface area contributed by atoms with Crippen LogP contribution in [0.3, 0.4) is 0 Å². The maximum absolute atomic E-state index is 6.12. The van der Waals surface area contributed by atoms with E-state index >= 15 is 0 Å². The third kappa shape index (κ3) is 4.35. The molecule has 1 saturated carbocycles. The van der Waals surface area contributed by atoms with Crippen LogP contribution in [0.4, 0.5) is 0 Å². The van der Waals surface area contributed by atoms with Crippen molar-refractivity contribution in [3.05, 3.63) is 58.3 Å². The highest BCUT2D eigenvalue weighted by Gasteiger charge is 2.28. The van der Waals surface area contributed by atoms with E-state index < -0.39 is 0 Å². The molecule has 1 heterocycles. The molecule has 0 spiro atoms. The van der Waals surface area contributed by atoms with E-state index in [0.29, 0.717) is 28.4 Å². The third-order valence-electron chi connectivity index (χ3n) is 3.70. The number of hydrogen-bond donors (Lipinski definition) is 0. The molecule has 0 amide bonds. The minimum atomic E-state index is 0.553. The lowest BCUT2D eigenvalue weighted by atomic mass is 10.2. The normalized spacial score (nSPS) is 14.3. The van der Waals surface area contributed by atoms with Crippen molar-refractivity contribution in [2.75, 3.05) is 13.2 Å². The van der Waals surface area contributed by atoms with E-state index in [1.54, 1.807) is 18.3 Å². The third-order valence-corrected chi connectivity index (χ3v) is 4.23. The molecular weight excluding hydrogens is 319 g/mol. The Labute approximate surface area is 140 Å². The van der Waals surface area contributed by atoms with Crippen LogP contribution < -0.4 is 4.74 Å². The fourth-order valence-electron chi connectivity index (χ4n) is 2.42. The number of benzene rings is 1. The van der Waals surface area contributed by atoms with Crippen LogP contribution in [-0.4, -0.2) is 29.1 Å². The number of hydrogen-bond acceptors (Lipinski definition) is 3. The van der Waals surface area contributed by atoms with Gasteiger partial charge in [0.25, 0.3) is 0 Å². The number of nitrogens with zero attached hydrogens (tertiary/aromatic N) is 2. The van der Waals surface area contributed by atoms with Crippen molar-refractivity contribution < 1.29 is 4.74 Å². The highest BCUT2D eigenvalue weighted by molar-refractivity contribution is 6.35. The summed E-state index contributed by atoms with van der Waals surface area (Å²) in [5, 5.41) is 1.17. The summed E-state index contributed by atoms with van der Waals surface area (Å²) < 4.78 is 5.79. The van der Waals surface area contributed by atoms with Crippen LogP contribution in [-0.2, 0) is 6.54 Å². The van der Waals surface area contributed by atoms with Crippen LogP contribution in [0.5, 0.6) is 5.75 Å². The summed E-state index contributed by atoms with van der Waals surface area (Å²) in [5.74, 6) is 0.684. The molecule has 1 aromatic carbocycles. The molecule has 0 bridgehead atoms. The maximum atomic E-state index is 6.12. The average molecular weight is 337 g/mol. The van der Waals surface area contributed by atoms with Gasteiger partial charge in [-0.05, 0) is 42.7 Å². The van der Waals surface area contributed by atoms with Gasteiger partial charge in [-0.2, -0.15) is 0 Å². The molecule has 3 rings (SSSR count). The molecule has 0 N–H and O–H groups in total. The molecule has 5 heteroatoms. The molecular formula is C17H18Cl2N2O. The van der Waals surface area contributed by atoms with Crippen LogP contribution >= 0.6 is 23.2 Å². The molecule has 0 unspecified atom stereocenters. The van der Waals surface area contributed by atoms with Gasteiger partial charge >= 0.3 is 0 Å². The number of halogens is 2. The molecule has 1 aliphatic carbocycles. The zero-order valence-corrected chi connectivity index (χ0v) is 13.7. The van der Waals surface area contributed by atoms with Crippen molar-refractivity contribution in [3.8, 4) is 5.75 Å². The van der Waals surface area contributed by atoms with E-state index in [4.69, 9.17) is 27.9 Å². The quantitative estimate of drug-likeness (QED) is 0.747. The summed E-state index contributed by atoms with van der Waals surface area (Å²) in [5.41, 5.74) is 1.24. The zero-order chi connectivity index (χ0) is 15.4. The molecule has 22 heavy (non-hydrogen) atoms. The molecule has 0 atom stereocenters. The van der Waals surface area contributed by atoms with Gasteiger partial charge in [0.2, 0.25) is 0 Å². The summed E-state index contributed by atoms with van der Waals surface area (Å²) >= 11 is 12.0. The van der Waals surface area contributed by atoms with Crippen LogP contribution in [0, 0.1) is 0 Å². The van der Waals surface area contributed by atoms with Gasteiger partial charge in [0, 0.05) is 36.5 Å². The molecule has 0 aliphatic heterocycles. The SMILES string of the molecule is Clc1ccc(OCCN(Cc2cccnc2)C2CC2)c(Cl)c1. The van der Waals surface area contributed by atoms with Gasteiger partial charge in [0.1, 0.15) is 12.4 Å². The van der Waals surface area contributed by atoms with Gasteiger partial charge in [-0.3, -0.25) is 9.88 Å². The molecule has 0 radical (unpaired) electrons. The Kier molecular flexibility index (Phi) is 5.19. The van der Waals surface area contributed by atoms with E-state index in [0.717, 1.165) is 13.1 Å². The Morgan fingerprint density at radius 2 is 2.09 bits per heavy atom. The molecule has 1 fully saturated rings. The van der Waals surface area contributed by atoms with E-state index in [-0.39, 0.29) is 0 Å². The second-order valence-electron chi connectivity index (χ2n) is 5.49. The van der Waals surface area contributed by atoms with Gasteiger partial charge in [-0.1, -0.05) is 29.3 Å². The molecule has 0 saturated heterocycles. The van der Waals surface area contributed by atoms with E-state index in [9.17, 15) is 0 Å². The van der Waals surface area contributed by atoms with Crippen LogP contribution in [0.25, 0.3) is 0 Å². The summed E-state index contributed by atoms with van der Waals surface area (Å²) in [6.07, 6.45) is 6.26. The highest BCUT2D eigenvalue weighted by atomic mass is 35.5. The topological polar surface area (TPSA) is 25.4 Å². The smallest absolute Gasteiger partial charge is 0.138 e. The van der Waals surface area contributed by atoms with E-state index in [1.807, 2.05) is 18.3 Å². The Bertz CT molecular complexity index is 617. The maximum Gasteiger partial charge on any atom is 0.138 e. The first-order valence-electron chi connectivity index (χ1n) is 7.43. The van der Waals surface area contributed by atoms with Crippen molar-refractivity contribution in [1.29, 1.82) is 0 Å². The fourth-order valence-corrected chi connectivity index (χ4v) is 2.88. The lowest BCUT2D eigenvalue weighted by molar-refractivity contribution is 0.195. The predicted molar refractivity (Wildman–Crippen MR) is 89.6 cm³/mol. The summed E-state index contributed by atoms with van der Waals surface area (Å²) in [7, 11) is 0. The van der Waals surface area contributed by atoms with Gasteiger partial charge in [0.05, 0.1) is 5.02 Å². The predicted octanol–water partition coefficient (Wildman–Crippen LogP) is 4.43. The standard InChI is InChI=1S/C17H18Cl2N2O/c18-14-3-6-17(16(19)10-14)22-9-8-21(15-4-5-15)12-13-2-1-7-20-11-13/h1-3,6-7,10-11,15H,4-5,8-9,12H2. The lowest BCUT2D eigenvalue weighted by Gasteiger charge is -2.22. The molecule has 3 nitrogen and oxygen atoms in total. The Morgan fingerprint density at radius 3 is 2.77 bits per heavy atom. The first-order valence-corrected chi connectivity index (χ1v) is 8.19. The number of rotatable bonds is 7. The molecule has 2 aromatic rings. The van der Waals surface area contributed by atoms with Crippen molar-refractivity contribution in [1.82, 2.24) is 9.88 Å². The lowest BCUT2D eigenvalue weighted by Crippen LogP contribution is -2.30. The van der Waals surface area contributed by atoms with Crippen molar-refractivity contribution in [2.24, 2.45) is 0 Å². The highest BCUT2D eigenvalue weighted by Crippen LogP contribution is 2.29. The van der Waals surface area contributed by atoms with Crippen molar-refractivity contribution >= 4 is 23.2 Å². The van der Waals surface area contributed by atoms with Gasteiger partial charge in [0.15, 0.2) is 0 Å². The summed E-state index contributed by atoms with van der Waals surface area (Å²) in [6.45, 7) is 2.40. The molecule has 116 valence electrons. The van der Waals surface area contributed by atoms with Gasteiger partial charge in [-0.25, -0.2) is 0 Å². The minimum Gasteiger partial charge on any atom is -0.491 e. The van der Waals surface area contributed by atoms with Crippen molar-refractivity contribution in [3.63, 3.8) is 0 Å². The largest absolute Gasteiger partial charge is 0.491 e. The van der Waals surface area contributed by atoms with Crippen LogP contribution in [0.2, 0.25) is 10.0 Å². The zero-order valence-electron chi connectivity index (χ0n) is 12.2. The number of aromatic nitrogens is 1. The number of ether oxygens (including phenoxy) is 1. The van der Waals surface area contributed by atoms with Gasteiger partial charge in [-0.15, -0.1) is 0 Å². The van der Waals surface area contributed by atoms with E-state index in [2.05, 4.69) is 16.0 Å². The second-order valence-corrected chi connectivity index (χ2v) is 6.33. The average Bonchev–Trinajstić information content (AvgIpc) is 3.34. The van der Waals surface area contributed by atoms with Crippen molar-refractivity contribution in [2.45, 2.75) is 25.4 Å².